The fourth-order valence-electron chi connectivity index (χ4n) is 3.93. The van der Waals surface area contributed by atoms with Crippen molar-refractivity contribution in [1.82, 2.24) is 5.32 Å². The molecule has 0 saturated carbocycles. The fourth-order valence-corrected chi connectivity index (χ4v) is 5.69. The van der Waals surface area contributed by atoms with Crippen molar-refractivity contribution < 1.29 is 17.6 Å². The number of carbonyl (C=O) groups excluding carboxylic acids is 1. The van der Waals surface area contributed by atoms with E-state index >= 15 is 0 Å². The Hall–Kier alpha value is -2.41. The molecule has 0 spiro atoms. The van der Waals surface area contributed by atoms with E-state index in [-0.39, 0.29) is 23.3 Å². The zero-order chi connectivity index (χ0) is 17.8. The summed E-state index contributed by atoms with van der Waals surface area (Å²) in [7, 11) is -4.14. The topological polar surface area (TPSA) is 66.5 Å². The van der Waals surface area contributed by atoms with Gasteiger partial charge in [0.25, 0.3) is 10.0 Å². The quantitative estimate of drug-likeness (QED) is 0.893. The fraction of sp³-hybridized carbons (Fsp3) is 0.278. The van der Waals surface area contributed by atoms with Gasteiger partial charge in [-0.15, -0.1) is 0 Å². The van der Waals surface area contributed by atoms with Crippen LogP contribution in [-0.4, -0.2) is 26.9 Å². The maximum Gasteiger partial charge on any atom is 0.267 e. The number of nitrogens with zero attached hydrogens (tertiary/aromatic N) is 1. The molecule has 1 N–H and O–H groups in total. The minimum Gasteiger partial charge on any atom is -0.354 e. The standard InChI is InChI=1S/C18H17FN2O3S/c1-11-12-6-2-4-8-14(12)21(15-10-20-18(22)17(11)15)25(23,24)16-9-5-3-7-13(16)19/h2-9,11,15,17H,10H2,1H3,(H,20,22). The van der Waals surface area contributed by atoms with E-state index in [1.165, 1.54) is 22.5 Å². The lowest BCUT2D eigenvalue weighted by molar-refractivity contribution is -0.123. The van der Waals surface area contributed by atoms with E-state index in [0.717, 1.165) is 11.6 Å². The molecule has 5 nitrogen and oxygen atoms in total. The van der Waals surface area contributed by atoms with Gasteiger partial charge in [0, 0.05) is 6.54 Å². The zero-order valence-corrected chi connectivity index (χ0v) is 14.3. The van der Waals surface area contributed by atoms with Gasteiger partial charge in [-0.2, -0.15) is 0 Å². The van der Waals surface area contributed by atoms with Gasteiger partial charge >= 0.3 is 0 Å². The molecule has 3 unspecified atom stereocenters. The van der Waals surface area contributed by atoms with Crippen molar-refractivity contribution in [2.24, 2.45) is 5.92 Å². The molecule has 2 aromatic carbocycles. The van der Waals surface area contributed by atoms with Crippen LogP contribution in [0, 0.1) is 11.7 Å². The molecule has 0 aromatic heterocycles. The molecule has 4 rings (SSSR count). The van der Waals surface area contributed by atoms with E-state index in [1.807, 2.05) is 19.1 Å². The summed E-state index contributed by atoms with van der Waals surface area (Å²) < 4.78 is 42.0. The van der Waals surface area contributed by atoms with Gasteiger partial charge in [0.1, 0.15) is 10.7 Å². The van der Waals surface area contributed by atoms with E-state index < -0.39 is 27.8 Å². The number of para-hydroxylation sites is 1. The SMILES string of the molecule is CC1c2ccccc2N(S(=O)(=O)c2ccccc2F)C2CNC(=O)C12. The Morgan fingerprint density at radius 1 is 1.12 bits per heavy atom. The van der Waals surface area contributed by atoms with Crippen molar-refractivity contribution in [1.29, 1.82) is 0 Å². The third-order valence-electron chi connectivity index (χ3n) is 5.08. The minimum absolute atomic E-state index is 0.115. The number of nitrogens with one attached hydrogen (secondary N) is 1. The first-order valence-corrected chi connectivity index (χ1v) is 9.52. The molecule has 2 aromatic rings. The van der Waals surface area contributed by atoms with Crippen molar-refractivity contribution in [2.75, 3.05) is 10.8 Å². The average Bonchev–Trinajstić information content (AvgIpc) is 2.97. The first kappa shape index (κ1) is 16.1. The third kappa shape index (κ3) is 2.26. The molecule has 2 aliphatic heterocycles. The van der Waals surface area contributed by atoms with Crippen LogP contribution >= 0.6 is 0 Å². The average molecular weight is 360 g/mol. The summed E-state index contributed by atoms with van der Waals surface area (Å²) in [5.41, 5.74) is 1.29. The molecule has 130 valence electrons. The number of carbonyl (C=O) groups is 1. The Bertz CT molecular complexity index is 960. The number of anilines is 1. The predicted octanol–water partition coefficient (Wildman–Crippen LogP) is 2.25. The van der Waals surface area contributed by atoms with Crippen LogP contribution in [0.5, 0.6) is 0 Å². The lowest BCUT2D eigenvalue weighted by Gasteiger charge is -2.41. The zero-order valence-electron chi connectivity index (χ0n) is 13.5. The number of benzene rings is 2. The van der Waals surface area contributed by atoms with Gasteiger partial charge in [-0.25, -0.2) is 12.8 Å². The van der Waals surface area contributed by atoms with Crippen molar-refractivity contribution in [3.8, 4) is 0 Å². The summed E-state index contributed by atoms with van der Waals surface area (Å²) in [5.74, 6) is -1.57. The first-order valence-electron chi connectivity index (χ1n) is 8.08. The highest BCUT2D eigenvalue weighted by atomic mass is 32.2. The highest BCUT2D eigenvalue weighted by Gasteiger charge is 2.51. The van der Waals surface area contributed by atoms with Crippen LogP contribution in [0.3, 0.4) is 0 Å². The van der Waals surface area contributed by atoms with Crippen molar-refractivity contribution >= 4 is 21.6 Å². The summed E-state index contributed by atoms with van der Waals surface area (Å²) in [6.07, 6.45) is 0. The lowest BCUT2D eigenvalue weighted by Crippen LogP contribution is -2.50. The van der Waals surface area contributed by atoms with Crippen molar-refractivity contribution in [2.45, 2.75) is 23.8 Å². The molecule has 1 saturated heterocycles. The van der Waals surface area contributed by atoms with Gasteiger partial charge < -0.3 is 5.32 Å². The van der Waals surface area contributed by atoms with Gasteiger partial charge in [0.15, 0.2) is 0 Å². The van der Waals surface area contributed by atoms with Gasteiger partial charge in [-0.1, -0.05) is 37.3 Å². The summed E-state index contributed by atoms with van der Waals surface area (Å²) in [6.45, 7) is 2.14. The maximum atomic E-state index is 14.2. The molecule has 0 bridgehead atoms. The molecule has 0 radical (unpaired) electrons. The number of sulfonamides is 1. The third-order valence-corrected chi connectivity index (χ3v) is 6.95. The molecular formula is C18H17FN2O3S. The van der Waals surface area contributed by atoms with Crippen LogP contribution in [-0.2, 0) is 14.8 Å². The molecule has 3 atom stereocenters. The number of rotatable bonds is 2. The molecule has 25 heavy (non-hydrogen) atoms. The van der Waals surface area contributed by atoms with Crippen molar-refractivity contribution in [3.63, 3.8) is 0 Å². The second kappa shape index (κ2) is 5.56. The lowest BCUT2D eigenvalue weighted by atomic mass is 9.80. The summed E-state index contributed by atoms with van der Waals surface area (Å²) in [6, 6.07) is 11.9. The van der Waals surface area contributed by atoms with E-state index in [4.69, 9.17) is 0 Å². The predicted molar refractivity (Wildman–Crippen MR) is 91.2 cm³/mol. The van der Waals surface area contributed by atoms with E-state index in [1.54, 1.807) is 12.1 Å². The molecular weight excluding hydrogens is 343 g/mol. The van der Waals surface area contributed by atoms with Gasteiger partial charge in [0.05, 0.1) is 17.6 Å². The summed E-state index contributed by atoms with van der Waals surface area (Å²) >= 11 is 0. The summed E-state index contributed by atoms with van der Waals surface area (Å²) in [4.78, 5) is 11.9. The first-order chi connectivity index (χ1) is 11.9. The number of halogens is 1. The van der Waals surface area contributed by atoms with Crippen LogP contribution < -0.4 is 9.62 Å². The van der Waals surface area contributed by atoms with Gasteiger partial charge in [-0.3, -0.25) is 9.10 Å². The van der Waals surface area contributed by atoms with Gasteiger partial charge in [-0.05, 0) is 29.7 Å². The smallest absolute Gasteiger partial charge is 0.267 e. The van der Waals surface area contributed by atoms with Crippen molar-refractivity contribution in [3.05, 3.63) is 59.9 Å². The molecule has 0 aliphatic carbocycles. The number of hydrogen-bond acceptors (Lipinski definition) is 3. The highest BCUT2D eigenvalue weighted by Crippen LogP contribution is 2.46. The molecule has 2 aliphatic rings. The Balaban J connectivity index is 1.95. The molecule has 1 amide bonds. The summed E-state index contributed by atoms with van der Waals surface area (Å²) in [5, 5.41) is 2.76. The second-order valence-corrected chi connectivity index (χ2v) is 8.20. The Morgan fingerprint density at radius 2 is 1.80 bits per heavy atom. The largest absolute Gasteiger partial charge is 0.354 e. The van der Waals surface area contributed by atoms with E-state index in [0.29, 0.717) is 5.69 Å². The number of fused-ring (bicyclic) bond motifs is 2. The second-order valence-electron chi connectivity index (χ2n) is 6.42. The number of hydrogen-bond donors (Lipinski definition) is 1. The normalized spacial score (nSPS) is 25.3. The molecule has 2 heterocycles. The molecule has 1 fully saturated rings. The minimum atomic E-state index is -4.14. The van der Waals surface area contributed by atoms with Crippen LogP contribution in [0.25, 0.3) is 0 Å². The van der Waals surface area contributed by atoms with Gasteiger partial charge in [0.2, 0.25) is 5.91 Å². The Labute approximate surface area is 145 Å². The van der Waals surface area contributed by atoms with Crippen LogP contribution in [0.4, 0.5) is 10.1 Å². The van der Waals surface area contributed by atoms with E-state index in [9.17, 15) is 17.6 Å². The van der Waals surface area contributed by atoms with E-state index in [2.05, 4.69) is 5.32 Å². The highest BCUT2D eigenvalue weighted by molar-refractivity contribution is 7.92. The van der Waals surface area contributed by atoms with Crippen LogP contribution in [0.2, 0.25) is 0 Å². The van der Waals surface area contributed by atoms with Crippen LogP contribution in [0.15, 0.2) is 53.4 Å². The number of amides is 1. The maximum absolute atomic E-state index is 14.2. The van der Waals surface area contributed by atoms with Crippen LogP contribution in [0.1, 0.15) is 18.4 Å². The monoisotopic (exact) mass is 360 g/mol. The Kier molecular flexibility index (Phi) is 3.57. The molecule has 7 heteroatoms. The Morgan fingerprint density at radius 3 is 2.56 bits per heavy atom.